The van der Waals surface area contributed by atoms with Crippen LogP contribution in [0.1, 0.15) is 11.3 Å². The van der Waals surface area contributed by atoms with Crippen molar-refractivity contribution >= 4 is 15.9 Å². The monoisotopic (exact) mass is 308 g/mol. The summed E-state index contributed by atoms with van der Waals surface area (Å²) in [7, 11) is 1.92. The second-order valence-electron chi connectivity index (χ2n) is 4.14. The Hall–Kier alpha value is -1.55. The van der Waals surface area contributed by atoms with Gasteiger partial charge in [-0.1, -0.05) is 28.1 Å². The summed E-state index contributed by atoms with van der Waals surface area (Å²) < 4.78 is 8.64. The number of hydrogen-bond acceptors (Lipinski definition) is 2. The number of benzene rings is 1. The molecule has 0 aliphatic heterocycles. The molecular weight excluding hydrogens is 294 g/mol. The Morgan fingerprint density at radius 2 is 1.89 bits per heavy atom. The summed E-state index contributed by atoms with van der Waals surface area (Å²) in [6, 6.07) is 9.54. The third kappa shape index (κ3) is 2.82. The van der Waals surface area contributed by atoms with E-state index in [1.165, 1.54) is 0 Å². The lowest BCUT2D eigenvalue weighted by molar-refractivity contribution is -0.678. The highest BCUT2D eigenvalue weighted by atomic mass is 79.9. The molecule has 94 valence electrons. The van der Waals surface area contributed by atoms with Crippen LogP contribution in [0.15, 0.2) is 41.0 Å². The van der Waals surface area contributed by atoms with Crippen molar-refractivity contribution in [1.82, 2.24) is 0 Å². The zero-order chi connectivity index (χ0) is 13.1. The molecule has 0 bridgehead atoms. The van der Waals surface area contributed by atoms with Crippen LogP contribution in [-0.4, -0.2) is 5.11 Å². The number of halogens is 1. The van der Waals surface area contributed by atoms with Gasteiger partial charge >= 0.3 is 0 Å². The molecule has 0 atom stereocenters. The average Bonchev–Trinajstić information content (AvgIpc) is 2.36. The lowest BCUT2D eigenvalue weighted by Gasteiger charge is -2.09. The zero-order valence-electron chi connectivity index (χ0n) is 10.4. The molecule has 18 heavy (non-hydrogen) atoms. The maximum atomic E-state index is 9.79. The van der Waals surface area contributed by atoms with Gasteiger partial charge in [0.1, 0.15) is 13.7 Å². The summed E-state index contributed by atoms with van der Waals surface area (Å²) in [4.78, 5) is 0. The van der Waals surface area contributed by atoms with Gasteiger partial charge in [-0.3, -0.25) is 0 Å². The first-order chi connectivity index (χ1) is 8.58. The van der Waals surface area contributed by atoms with Gasteiger partial charge in [0.15, 0.2) is 11.9 Å². The first kappa shape index (κ1) is 12.9. The van der Waals surface area contributed by atoms with E-state index in [4.69, 9.17) is 4.74 Å². The number of pyridine rings is 1. The van der Waals surface area contributed by atoms with Crippen LogP contribution >= 0.6 is 15.9 Å². The number of aromatic nitrogens is 1. The van der Waals surface area contributed by atoms with Gasteiger partial charge in [-0.05, 0) is 17.7 Å². The number of hydrogen-bond donors (Lipinski definition) is 1. The summed E-state index contributed by atoms with van der Waals surface area (Å²) in [5.41, 5.74) is 1.95. The normalized spacial score (nSPS) is 10.4. The highest BCUT2D eigenvalue weighted by Gasteiger charge is 2.14. The van der Waals surface area contributed by atoms with Crippen LogP contribution in [0.2, 0.25) is 0 Å². The van der Waals surface area contributed by atoms with E-state index in [1.807, 2.05) is 42.8 Å². The van der Waals surface area contributed by atoms with E-state index in [0.717, 1.165) is 15.7 Å². The van der Waals surface area contributed by atoms with E-state index >= 15 is 0 Å². The highest BCUT2D eigenvalue weighted by Crippen LogP contribution is 2.27. The minimum absolute atomic E-state index is 0.169. The van der Waals surface area contributed by atoms with Gasteiger partial charge < -0.3 is 9.84 Å². The van der Waals surface area contributed by atoms with Crippen molar-refractivity contribution in [3.8, 4) is 11.5 Å². The van der Waals surface area contributed by atoms with E-state index < -0.39 is 0 Å². The zero-order valence-corrected chi connectivity index (χ0v) is 11.9. The third-order valence-electron chi connectivity index (χ3n) is 2.84. The van der Waals surface area contributed by atoms with Gasteiger partial charge in [0, 0.05) is 17.5 Å². The summed E-state index contributed by atoms with van der Waals surface area (Å²) >= 11 is 3.39. The molecule has 1 aromatic carbocycles. The third-order valence-corrected chi connectivity index (χ3v) is 3.37. The van der Waals surface area contributed by atoms with Crippen molar-refractivity contribution in [1.29, 1.82) is 0 Å². The van der Waals surface area contributed by atoms with Crippen LogP contribution in [0.4, 0.5) is 0 Å². The second kappa shape index (κ2) is 5.40. The minimum Gasteiger partial charge on any atom is -0.504 e. The van der Waals surface area contributed by atoms with Gasteiger partial charge in [0.2, 0.25) is 11.4 Å². The first-order valence-electron chi connectivity index (χ1n) is 5.63. The van der Waals surface area contributed by atoms with Gasteiger partial charge in [-0.15, -0.1) is 0 Å². The summed E-state index contributed by atoms with van der Waals surface area (Å²) in [5.74, 6) is 0.700. The maximum absolute atomic E-state index is 9.79. The minimum atomic E-state index is 0.169. The molecule has 0 saturated heterocycles. The standard InChI is InChI=1S/C14H14BrNO2/c1-10-14(13(17)7-8-16(10)2)18-9-11-3-5-12(15)6-4-11/h3-8H,9H2,1-2H3/p+1. The van der Waals surface area contributed by atoms with E-state index in [0.29, 0.717) is 12.4 Å². The Kier molecular flexibility index (Phi) is 3.87. The molecule has 1 heterocycles. The van der Waals surface area contributed by atoms with Crippen LogP contribution < -0.4 is 9.30 Å². The fourth-order valence-electron chi connectivity index (χ4n) is 1.63. The summed E-state index contributed by atoms with van der Waals surface area (Å²) in [5, 5.41) is 9.79. The molecule has 2 aromatic rings. The van der Waals surface area contributed by atoms with Crippen molar-refractivity contribution in [3.05, 3.63) is 52.3 Å². The van der Waals surface area contributed by atoms with Crippen LogP contribution in [0.5, 0.6) is 11.5 Å². The molecule has 0 aliphatic carbocycles. The molecule has 0 fully saturated rings. The number of rotatable bonds is 3. The highest BCUT2D eigenvalue weighted by molar-refractivity contribution is 9.10. The first-order valence-corrected chi connectivity index (χ1v) is 6.42. The molecular formula is C14H15BrNO2+. The quantitative estimate of drug-likeness (QED) is 0.885. The molecule has 0 amide bonds. The van der Waals surface area contributed by atoms with Gasteiger partial charge in [0.25, 0.3) is 0 Å². The van der Waals surface area contributed by atoms with E-state index in [9.17, 15) is 5.11 Å². The predicted octanol–water partition coefficient (Wildman–Crippen LogP) is 2.87. The van der Waals surface area contributed by atoms with Crippen LogP contribution in [0.25, 0.3) is 0 Å². The lowest BCUT2D eigenvalue weighted by atomic mass is 10.2. The molecule has 0 radical (unpaired) electrons. The lowest BCUT2D eigenvalue weighted by Crippen LogP contribution is -2.31. The number of aromatic hydroxyl groups is 1. The number of nitrogens with zero attached hydrogens (tertiary/aromatic N) is 1. The Morgan fingerprint density at radius 1 is 1.22 bits per heavy atom. The maximum Gasteiger partial charge on any atom is 0.229 e. The van der Waals surface area contributed by atoms with Gasteiger partial charge in [-0.2, -0.15) is 0 Å². The van der Waals surface area contributed by atoms with Crippen molar-refractivity contribution in [2.75, 3.05) is 0 Å². The van der Waals surface area contributed by atoms with E-state index in [-0.39, 0.29) is 5.75 Å². The fourth-order valence-corrected chi connectivity index (χ4v) is 1.89. The van der Waals surface area contributed by atoms with Crippen LogP contribution in [0, 0.1) is 6.92 Å². The molecule has 1 N–H and O–H groups in total. The molecule has 0 aliphatic rings. The van der Waals surface area contributed by atoms with Gasteiger partial charge in [-0.25, -0.2) is 4.57 Å². The summed E-state index contributed by atoms with van der Waals surface area (Å²) in [6.45, 7) is 2.35. The van der Waals surface area contributed by atoms with Crippen molar-refractivity contribution in [3.63, 3.8) is 0 Å². The number of ether oxygens (including phenoxy) is 1. The second-order valence-corrected chi connectivity index (χ2v) is 5.06. The molecule has 0 spiro atoms. The van der Waals surface area contributed by atoms with Gasteiger partial charge in [0.05, 0.1) is 0 Å². The SMILES string of the molecule is Cc1c(OCc2ccc(Br)cc2)c(O)cc[n+]1C. The van der Waals surface area contributed by atoms with Crippen molar-refractivity contribution < 1.29 is 14.4 Å². The topological polar surface area (TPSA) is 33.3 Å². The molecule has 2 rings (SSSR count). The fraction of sp³-hybridized carbons (Fsp3) is 0.214. The predicted molar refractivity (Wildman–Crippen MR) is 72.5 cm³/mol. The molecule has 3 nitrogen and oxygen atoms in total. The van der Waals surface area contributed by atoms with Crippen molar-refractivity contribution in [2.24, 2.45) is 7.05 Å². The molecule has 1 aromatic heterocycles. The Labute approximate surface area is 115 Å². The Morgan fingerprint density at radius 3 is 2.56 bits per heavy atom. The molecule has 4 heteroatoms. The summed E-state index contributed by atoms with van der Waals surface area (Å²) in [6.07, 6.45) is 1.80. The smallest absolute Gasteiger partial charge is 0.229 e. The van der Waals surface area contributed by atoms with Crippen LogP contribution in [-0.2, 0) is 13.7 Å². The number of aryl methyl sites for hydroxylation is 1. The van der Waals surface area contributed by atoms with E-state index in [1.54, 1.807) is 12.3 Å². The Bertz CT molecular complexity index is 552. The average molecular weight is 309 g/mol. The van der Waals surface area contributed by atoms with Crippen molar-refractivity contribution in [2.45, 2.75) is 13.5 Å². The molecule has 0 unspecified atom stereocenters. The van der Waals surface area contributed by atoms with Crippen LogP contribution in [0.3, 0.4) is 0 Å². The Balaban J connectivity index is 2.15. The largest absolute Gasteiger partial charge is 0.504 e. The molecule has 0 saturated carbocycles. The van der Waals surface area contributed by atoms with E-state index in [2.05, 4.69) is 15.9 Å².